The van der Waals surface area contributed by atoms with Crippen molar-refractivity contribution in [1.29, 1.82) is 0 Å². The number of carboxylic acid groups (broad SMARTS) is 1. The van der Waals surface area contributed by atoms with E-state index in [4.69, 9.17) is 5.11 Å². The normalized spacial score (nSPS) is 12.1. The van der Waals surface area contributed by atoms with Crippen LogP contribution >= 0.6 is 0 Å². The molecule has 0 spiro atoms. The number of carboxylic acids is 1. The first-order chi connectivity index (χ1) is 4.19. The topological polar surface area (TPSA) is 37.3 Å². The smallest absolute Gasteiger partial charge is 0.316 e. The molecule has 0 aromatic heterocycles. The van der Waals surface area contributed by atoms with Gasteiger partial charge in [-0.15, -0.1) is 0 Å². The maximum Gasteiger partial charge on any atom is 0.316 e. The van der Waals surface area contributed by atoms with Gasteiger partial charge in [-0.05, 0) is 19.3 Å². The summed E-state index contributed by atoms with van der Waals surface area (Å²) < 4.78 is 0. The van der Waals surface area contributed by atoms with Crippen molar-refractivity contribution in [1.82, 2.24) is 0 Å². The van der Waals surface area contributed by atoms with E-state index < -0.39 is 11.4 Å². The maximum absolute atomic E-state index is 10.7. The van der Waals surface area contributed by atoms with Crippen LogP contribution in [0.15, 0.2) is 0 Å². The minimum Gasteiger partial charge on any atom is -0.481 e. The third-order valence-corrected chi connectivity index (χ3v) is 2.41. The van der Waals surface area contributed by atoms with E-state index in [0.717, 1.165) is 0 Å². The highest BCUT2D eigenvalue weighted by molar-refractivity contribution is 5.75. The van der Waals surface area contributed by atoms with Crippen LogP contribution in [0.2, 0.25) is 0 Å². The van der Waals surface area contributed by atoms with Crippen molar-refractivity contribution in [3.05, 3.63) is 0 Å². The second-order valence-corrected chi connectivity index (χ2v) is 4.18. The summed E-state index contributed by atoms with van der Waals surface area (Å²) >= 11 is 0. The Hall–Kier alpha value is 0.236. The van der Waals surface area contributed by atoms with Gasteiger partial charge in [0.2, 0.25) is 0 Å². The lowest BCUT2D eigenvalue weighted by molar-refractivity contribution is -0.153. The summed E-state index contributed by atoms with van der Waals surface area (Å²) in [6, 6.07) is 0. The maximum atomic E-state index is 10.7. The molecule has 0 radical (unpaired) electrons. The monoisotopic (exact) mass is 170 g/mol. The van der Waals surface area contributed by atoms with Crippen molar-refractivity contribution in [2.45, 2.75) is 34.6 Å². The molecule has 0 atom stereocenters. The molecule has 1 N–H and O–H groups in total. The standard InChI is InChI=1S/C8H16O2.Mg.2H/c1-7(2,3)8(4,5)6(9)10;;;/h1-5H3,(H,9,10);;;. The van der Waals surface area contributed by atoms with Crippen molar-refractivity contribution < 1.29 is 9.90 Å². The van der Waals surface area contributed by atoms with E-state index in [-0.39, 0.29) is 28.5 Å². The summed E-state index contributed by atoms with van der Waals surface area (Å²) in [6.07, 6.45) is 0. The minimum absolute atomic E-state index is 0. The summed E-state index contributed by atoms with van der Waals surface area (Å²) in [7, 11) is 0. The van der Waals surface area contributed by atoms with Gasteiger partial charge in [0.15, 0.2) is 0 Å². The molecule has 0 aliphatic rings. The zero-order valence-electron chi connectivity index (χ0n) is 7.36. The number of carbonyl (C=O) groups is 1. The highest BCUT2D eigenvalue weighted by Gasteiger charge is 2.39. The van der Waals surface area contributed by atoms with E-state index in [9.17, 15) is 4.79 Å². The van der Waals surface area contributed by atoms with Crippen LogP contribution in [0.25, 0.3) is 0 Å². The Kier molecular flexibility index (Phi) is 4.72. The zero-order valence-corrected chi connectivity index (χ0v) is 7.36. The van der Waals surface area contributed by atoms with Crippen LogP contribution in [0.1, 0.15) is 34.6 Å². The average Bonchev–Trinajstić information content (AvgIpc) is 1.62. The van der Waals surface area contributed by atoms with Crippen LogP contribution < -0.4 is 0 Å². The Morgan fingerprint density at radius 2 is 1.36 bits per heavy atom. The van der Waals surface area contributed by atoms with Gasteiger partial charge in [0.1, 0.15) is 0 Å². The van der Waals surface area contributed by atoms with Gasteiger partial charge < -0.3 is 5.11 Å². The number of hydrogen-bond acceptors (Lipinski definition) is 1. The Labute approximate surface area is 84.5 Å². The van der Waals surface area contributed by atoms with Crippen LogP contribution in [-0.2, 0) is 4.79 Å². The summed E-state index contributed by atoms with van der Waals surface area (Å²) in [6.45, 7) is 9.29. The Morgan fingerprint density at radius 1 is 1.09 bits per heavy atom. The molecule has 0 bridgehead atoms. The molecule has 0 unspecified atom stereocenters. The Balaban J connectivity index is 0. The van der Waals surface area contributed by atoms with Gasteiger partial charge in [0.05, 0.1) is 5.41 Å². The second-order valence-electron chi connectivity index (χ2n) is 4.18. The summed E-state index contributed by atoms with van der Waals surface area (Å²) in [4.78, 5) is 10.7. The van der Waals surface area contributed by atoms with E-state index in [1.165, 1.54) is 0 Å². The average molecular weight is 171 g/mol. The molecule has 0 aliphatic heterocycles. The van der Waals surface area contributed by atoms with Gasteiger partial charge in [-0.3, -0.25) is 4.79 Å². The first-order valence-corrected chi connectivity index (χ1v) is 3.43. The lowest BCUT2D eigenvalue weighted by Crippen LogP contribution is -2.37. The van der Waals surface area contributed by atoms with Crippen molar-refractivity contribution in [3.63, 3.8) is 0 Å². The van der Waals surface area contributed by atoms with Crippen LogP contribution in [0.5, 0.6) is 0 Å². The van der Waals surface area contributed by atoms with Gasteiger partial charge >= 0.3 is 29.0 Å². The van der Waals surface area contributed by atoms with E-state index in [2.05, 4.69) is 0 Å². The Bertz CT molecular complexity index is 145. The number of aliphatic carboxylic acids is 1. The fourth-order valence-corrected chi connectivity index (χ4v) is 0.321. The minimum atomic E-state index is -0.736. The molecule has 0 aromatic rings. The fraction of sp³-hybridized carbons (Fsp3) is 0.875. The molecule has 11 heavy (non-hydrogen) atoms. The van der Waals surface area contributed by atoms with E-state index in [1.54, 1.807) is 13.8 Å². The van der Waals surface area contributed by atoms with E-state index in [1.807, 2.05) is 20.8 Å². The van der Waals surface area contributed by atoms with Gasteiger partial charge in [0, 0.05) is 0 Å². The summed E-state index contributed by atoms with van der Waals surface area (Å²) in [5.41, 5.74) is -0.828. The van der Waals surface area contributed by atoms with Crippen molar-refractivity contribution in [2.75, 3.05) is 0 Å². The van der Waals surface area contributed by atoms with Crippen LogP contribution in [0, 0.1) is 10.8 Å². The van der Waals surface area contributed by atoms with Crippen molar-refractivity contribution >= 4 is 29.0 Å². The second kappa shape index (κ2) is 3.76. The van der Waals surface area contributed by atoms with E-state index >= 15 is 0 Å². The first-order valence-electron chi connectivity index (χ1n) is 3.43. The number of hydrogen-bond donors (Lipinski definition) is 1. The van der Waals surface area contributed by atoms with E-state index in [0.29, 0.717) is 0 Å². The SMILES string of the molecule is CC(C)(C)C(C)(C)C(=O)O.[MgH2]. The lowest BCUT2D eigenvalue weighted by Gasteiger charge is -2.34. The highest BCUT2D eigenvalue weighted by atomic mass is 24.3. The zero-order chi connectivity index (χ0) is 8.58. The molecule has 0 heterocycles. The molecular weight excluding hydrogens is 152 g/mol. The van der Waals surface area contributed by atoms with Gasteiger partial charge in [-0.2, -0.15) is 0 Å². The Morgan fingerprint density at radius 3 is 1.36 bits per heavy atom. The quantitative estimate of drug-likeness (QED) is 0.601. The molecule has 64 valence electrons. The van der Waals surface area contributed by atoms with Gasteiger partial charge in [-0.1, -0.05) is 20.8 Å². The third kappa shape index (κ3) is 2.99. The third-order valence-electron chi connectivity index (χ3n) is 2.41. The van der Waals surface area contributed by atoms with Crippen LogP contribution in [-0.4, -0.2) is 34.1 Å². The van der Waals surface area contributed by atoms with Gasteiger partial charge in [-0.25, -0.2) is 0 Å². The van der Waals surface area contributed by atoms with Crippen molar-refractivity contribution in [2.24, 2.45) is 10.8 Å². The largest absolute Gasteiger partial charge is 0.481 e. The number of rotatable bonds is 1. The summed E-state index contributed by atoms with van der Waals surface area (Å²) in [5, 5.41) is 8.78. The molecule has 0 fully saturated rings. The summed E-state index contributed by atoms with van der Waals surface area (Å²) in [5.74, 6) is -0.736. The lowest BCUT2D eigenvalue weighted by atomic mass is 9.69. The highest BCUT2D eigenvalue weighted by Crippen LogP contribution is 2.37. The molecule has 3 heteroatoms. The predicted octanol–water partition coefficient (Wildman–Crippen LogP) is 1.23. The van der Waals surface area contributed by atoms with Crippen LogP contribution in [0.4, 0.5) is 0 Å². The van der Waals surface area contributed by atoms with Crippen molar-refractivity contribution in [3.8, 4) is 0 Å². The molecule has 0 aliphatic carbocycles. The predicted molar refractivity (Wildman–Crippen MR) is 49.4 cm³/mol. The molecule has 0 saturated heterocycles. The fourth-order valence-electron chi connectivity index (χ4n) is 0.321. The van der Waals surface area contributed by atoms with Gasteiger partial charge in [0.25, 0.3) is 0 Å². The molecular formula is C8H18MgO2. The molecule has 0 aromatic carbocycles. The molecule has 2 nitrogen and oxygen atoms in total. The first kappa shape index (κ1) is 13.8. The molecule has 0 saturated carbocycles. The molecule has 0 amide bonds. The van der Waals surface area contributed by atoms with Crippen LogP contribution in [0.3, 0.4) is 0 Å². The molecule has 0 rings (SSSR count).